The first-order valence-electron chi connectivity index (χ1n) is 11.7. The van der Waals surface area contributed by atoms with Gasteiger partial charge in [-0.15, -0.1) is 0 Å². The first-order valence-corrected chi connectivity index (χ1v) is 13.6. The van der Waals surface area contributed by atoms with E-state index in [0.717, 1.165) is 38.9 Å². The van der Waals surface area contributed by atoms with Gasteiger partial charge in [0.25, 0.3) is 8.32 Å². The van der Waals surface area contributed by atoms with Crippen LogP contribution in [-0.2, 0) is 9.22 Å². The summed E-state index contributed by atoms with van der Waals surface area (Å²) >= 11 is 0. The highest BCUT2D eigenvalue weighted by atomic mass is 28.4. The van der Waals surface area contributed by atoms with Gasteiger partial charge in [-0.2, -0.15) is 0 Å². The van der Waals surface area contributed by atoms with Crippen LogP contribution in [0.4, 0.5) is 0 Å². The number of hydrogen-bond acceptors (Lipinski definition) is 3. The zero-order chi connectivity index (χ0) is 21.9. The van der Waals surface area contributed by atoms with Crippen LogP contribution >= 0.6 is 0 Å². The molecule has 1 aliphatic carbocycles. The second-order valence-corrected chi connectivity index (χ2v) is 14.4. The zero-order valence-electron chi connectivity index (χ0n) is 19.1. The minimum absolute atomic E-state index is 0.00228. The Hall–Kier alpha value is -1.95. The lowest BCUT2D eigenvalue weighted by atomic mass is 10.1. The largest absolute Gasteiger partial charge is 0.404 e. The number of rotatable bonds is 6. The normalized spacial score (nSPS) is 22.7. The summed E-state index contributed by atoms with van der Waals surface area (Å²) in [6.45, 7) is 10.1. The zero-order valence-corrected chi connectivity index (χ0v) is 20.1. The van der Waals surface area contributed by atoms with Crippen LogP contribution in [0.5, 0.6) is 0 Å². The van der Waals surface area contributed by atoms with E-state index in [2.05, 4.69) is 86.8 Å². The van der Waals surface area contributed by atoms with Crippen LogP contribution in [0.1, 0.15) is 40.0 Å². The van der Waals surface area contributed by atoms with Crippen LogP contribution in [0.2, 0.25) is 5.04 Å². The van der Waals surface area contributed by atoms with Gasteiger partial charge in [-0.05, 0) is 40.6 Å². The quantitative estimate of drug-likeness (QED) is 0.708. The van der Waals surface area contributed by atoms with Crippen molar-refractivity contribution in [2.24, 2.45) is 5.92 Å². The summed E-state index contributed by atoms with van der Waals surface area (Å²) < 4.78 is 7.30. The van der Waals surface area contributed by atoms with Gasteiger partial charge in [0.2, 0.25) is 5.91 Å². The standard InChI is InChI=1S/C26H36N2O2Si/c1-26(2,3)31(23-10-6-4-7-11-23,24-12-8-5-9-13-24)30-22-15-14-21(18-22)20-28-17-16-27-19-25(28)29/h4-13,21-22,27H,14-20H2,1-3H3. The Morgan fingerprint density at radius 1 is 1.00 bits per heavy atom. The number of piperazine rings is 1. The minimum Gasteiger partial charge on any atom is -0.404 e. The molecule has 4 nitrogen and oxygen atoms in total. The Labute approximate surface area is 188 Å². The van der Waals surface area contributed by atoms with Gasteiger partial charge < -0.3 is 14.6 Å². The summed E-state index contributed by atoms with van der Waals surface area (Å²) in [6, 6.07) is 21.8. The third-order valence-corrected chi connectivity index (χ3v) is 12.0. The second-order valence-electron chi connectivity index (χ2n) is 10.1. The van der Waals surface area contributed by atoms with Gasteiger partial charge >= 0.3 is 0 Å². The molecule has 1 saturated carbocycles. The lowest BCUT2D eigenvalue weighted by Gasteiger charge is -2.44. The van der Waals surface area contributed by atoms with Crippen molar-refractivity contribution >= 4 is 24.6 Å². The van der Waals surface area contributed by atoms with Crippen LogP contribution < -0.4 is 15.7 Å². The van der Waals surface area contributed by atoms with E-state index in [9.17, 15) is 4.79 Å². The highest BCUT2D eigenvalue weighted by Gasteiger charge is 2.52. The fraction of sp³-hybridized carbons (Fsp3) is 0.500. The third kappa shape index (κ3) is 4.64. The summed E-state index contributed by atoms with van der Waals surface area (Å²) in [7, 11) is -2.50. The lowest BCUT2D eigenvalue weighted by molar-refractivity contribution is -0.132. The molecular weight excluding hydrogens is 400 g/mol. The molecule has 1 N–H and O–H groups in total. The molecule has 1 aliphatic heterocycles. The Morgan fingerprint density at radius 3 is 2.16 bits per heavy atom. The van der Waals surface area contributed by atoms with Crippen molar-refractivity contribution in [2.75, 3.05) is 26.2 Å². The second kappa shape index (κ2) is 9.27. The third-order valence-electron chi connectivity index (χ3n) is 6.92. The Morgan fingerprint density at radius 2 is 1.61 bits per heavy atom. The molecule has 5 heteroatoms. The number of benzene rings is 2. The first-order chi connectivity index (χ1) is 14.9. The van der Waals surface area contributed by atoms with Crippen LogP contribution in [0.15, 0.2) is 60.7 Å². The van der Waals surface area contributed by atoms with Crippen molar-refractivity contribution < 1.29 is 9.22 Å². The predicted octanol–water partition coefficient (Wildman–Crippen LogP) is 3.16. The van der Waals surface area contributed by atoms with Crippen molar-refractivity contribution in [3.63, 3.8) is 0 Å². The van der Waals surface area contributed by atoms with Crippen LogP contribution in [0, 0.1) is 5.92 Å². The number of hydrogen-bond donors (Lipinski definition) is 1. The van der Waals surface area contributed by atoms with E-state index < -0.39 is 8.32 Å². The Bertz CT molecular complexity index is 826. The van der Waals surface area contributed by atoms with Crippen molar-refractivity contribution in [2.45, 2.75) is 51.2 Å². The smallest absolute Gasteiger partial charge is 0.261 e. The summed E-state index contributed by atoms with van der Waals surface area (Å²) in [5.74, 6) is 0.771. The van der Waals surface area contributed by atoms with Gasteiger partial charge in [-0.3, -0.25) is 4.79 Å². The molecule has 31 heavy (non-hydrogen) atoms. The van der Waals surface area contributed by atoms with E-state index in [4.69, 9.17) is 4.43 Å². The van der Waals surface area contributed by atoms with Crippen molar-refractivity contribution in [1.82, 2.24) is 10.2 Å². The molecule has 0 aromatic heterocycles. The number of carbonyl (C=O) groups excluding carboxylic acids is 1. The molecule has 2 fully saturated rings. The molecule has 0 bridgehead atoms. The molecule has 2 aliphatic rings. The number of nitrogens with one attached hydrogen (secondary N) is 1. The molecule has 0 spiro atoms. The highest BCUT2D eigenvalue weighted by molar-refractivity contribution is 6.99. The predicted molar refractivity (Wildman–Crippen MR) is 129 cm³/mol. The van der Waals surface area contributed by atoms with Gasteiger partial charge in [0.05, 0.1) is 6.54 Å². The summed E-state index contributed by atoms with van der Waals surface area (Å²) in [5.41, 5.74) is 0. The molecule has 1 saturated heterocycles. The summed E-state index contributed by atoms with van der Waals surface area (Å²) in [5, 5.41) is 5.86. The van der Waals surface area contributed by atoms with E-state index in [-0.39, 0.29) is 17.0 Å². The van der Waals surface area contributed by atoms with Crippen LogP contribution in [0.25, 0.3) is 0 Å². The maximum absolute atomic E-state index is 12.2. The number of carbonyl (C=O) groups is 1. The molecule has 1 heterocycles. The van der Waals surface area contributed by atoms with Gasteiger partial charge in [0.1, 0.15) is 0 Å². The maximum Gasteiger partial charge on any atom is 0.261 e. The Balaban J connectivity index is 1.59. The van der Waals surface area contributed by atoms with E-state index in [1.165, 1.54) is 10.4 Å². The molecule has 1 amide bonds. The van der Waals surface area contributed by atoms with Crippen molar-refractivity contribution in [1.29, 1.82) is 0 Å². The van der Waals surface area contributed by atoms with E-state index in [0.29, 0.717) is 12.5 Å². The maximum atomic E-state index is 12.2. The van der Waals surface area contributed by atoms with Gasteiger partial charge in [-0.25, -0.2) is 0 Å². The van der Waals surface area contributed by atoms with Crippen molar-refractivity contribution in [3.05, 3.63) is 60.7 Å². The number of nitrogens with zero attached hydrogens (tertiary/aromatic N) is 1. The fourth-order valence-corrected chi connectivity index (χ4v) is 10.1. The molecule has 2 aromatic rings. The fourth-order valence-electron chi connectivity index (χ4n) is 5.39. The monoisotopic (exact) mass is 436 g/mol. The summed E-state index contributed by atoms with van der Waals surface area (Å²) in [4.78, 5) is 14.3. The minimum atomic E-state index is -2.50. The molecule has 4 rings (SSSR count). The Kier molecular flexibility index (Phi) is 6.65. The van der Waals surface area contributed by atoms with Gasteiger partial charge in [0.15, 0.2) is 0 Å². The first kappa shape index (κ1) is 22.2. The number of amides is 1. The summed E-state index contributed by atoms with van der Waals surface area (Å²) in [6.07, 6.45) is 3.51. The van der Waals surface area contributed by atoms with Crippen LogP contribution in [0.3, 0.4) is 0 Å². The average molecular weight is 437 g/mol. The molecular formula is C26H36N2O2Si. The molecule has 2 atom stereocenters. The van der Waals surface area contributed by atoms with Gasteiger partial charge in [-0.1, -0.05) is 81.4 Å². The van der Waals surface area contributed by atoms with Crippen LogP contribution in [-0.4, -0.2) is 51.4 Å². The van der Waals surface area contributed by atoms with Gasteiger partial charge in [0, 0.05) is 25.7 Å². The van der Waals surface area contributed by atoms with E-state index in [1.807, 2.05) is 4.90 Å². The molecule has 2 unspecified atom stereocenters. The molecule has 0 radical (unpaired) electrons. The lowest BCUT2D eigenvalue weighted by Crippen LogP contribution is -2.67. The molecule has 166 valence electrons. The van der Waals surface area contributed by atoms with E-state index >= 15 is 0 Å². The van der Waals surface area contributed by atoms with E-state index in [1.54, 1.807) is 0 Å². The highest BCUT2D eigenvalue weighted by Crippen LogP contribution is 2.40. The SMILES string of the molecule is CC(C)(C)[Si](OC1CCC(CN2CCNCC2=O)C1)(c1ccccc1)c1ccccc1. The molecule has 2 aromatic carbocycles. The average Bonchev–Trinajstić information content (AvgIpc) is 3.21. The van der Waals surface area contributed by atoms with Crippen molar-refractivity contribution in [3.8, 4) is 0 Å². The topological polar surface area (TPSA) is 41.6 Å².